The fraction of sp³-hybridized carbons (Fsp3) is 0.556. The molecule has 0 unspecified atom stereocenters. The van der Waals surface area contributed by atoms with E-state index in [2.05, 4.69) is 48.9 Å². The normalized spacial score (nSPS) is 15.0. The summed E-state index contributed by atoms with van der Waals surface area (Å²) in [6, 6.07) is 0. The second-order valence-electron chi connectivity index (χ2n) is 6.79. The smallest absolute Gasteiger partial charge is 0.245 e. The van der Waals surface area contributed by atoms with Crippen molar-refractivity contribution in [2.75, 3.05) is 36.0 Å². The van der Waals surface area contributed by atoms with Gasteiger partial charge < -0.3 is 9.80 Å². The largest absolute Gasteiger partial charge is 0.352 e. The van der Waals surface area contributed by atoms with Crippen molar-refractivity contribution >= 4 is 22.8 Å². The van der Waals surface area contributed by atoms with Crippen LogP contribution in [0.4, 0.5) is 11.8 Å². The molecule has 1 saturated heterocycles. The zero-order valence-corrected chi connectivity index (χ0v) is 16.3. The quantitative estimate of drug-likeness (QED) is 0.682. The number of hydrogen-bond donors (Lipinski definition) is 0. The molecule has 0 aliphatic carbocycles. The lowest BCUT2D eigenvalue weighted by Crippen LogP contribution is -2.47. The van der Waals surface area contributed by atoms with E-state index < -0.39 is 0 Å². The highest BCUT2D eigenvalue weighted by Gasteiger charge is 2.23. The highest BCUT2D eigenvalue weighted by Crippen LogP contribution is 2.25. The predicted molar refractivity (Wildman–Crippen MR) is 104 cm³/mol. The predicted octanol–water partition coefficient (Wildman–Crippen LogP) is 1.31. The fourth-order valence-electron chi connectivity index (χ4n) is 3.53. The second-order valence-corrected chi connectivity index (χ2v) is 6.79. The number of hydrogen-bond acceptors (Lipinski definition) is 8. The van der Waals surface area contributed by atoms with Crippen LogP contribution in [0.15, 0.2) is 6.20 Å². The van der Waals surface area contributed by atoms with Crippen LogP contribution in [0.1, 0.15) is 31.1 Å². The minimum absolute atomic E-state index is 0.731. The molecule has 4 heterocycles. The Kier molecular flexibility index (Phi) is 4.59. The Morgan fingerprint density at radius 1 is 0.889 bits per heavy atom. The molecule has 0 atom stereocenters. The summed E-state index contributed by atoms with van der Waals surface area (Å²) >= 11 is 0. The minimum Gasteiger partial charge on any atom is -0.352 e. The standard InChI is InChI=1S/C18H25N9/c1-5-14-15(6-2)23-24-18(22-14)27-9-7-26(8-10-27)17-13-11-19-25(4)16(13)20-12(3)21-17/h11H,5-10H2,1-4H3. The molecule has 1 aliphatic heterocycles. The molecule has 9 heteroatoms. The molecular weight excluding hydrogens is 342 g/mol. The van der Waals surface area contributed by atoms with Crippen molar-refractivity contribution in [3.63, 3.8) is 0 Å². The number of fused-ring (bicyclic) bond motifs is 1. The first-order chi connectivity index (χ1) is 13.1. The lowest BCUT2D eigenvalue weighted by molar-refractivity contribution is 0.625. The number of piperazine rings is 1. The molecule has 0 radical (unpaired) electrons. The molecule has 0 N–H and O–H groups in total. The molecule has 0 bridgehead atoms. The SMILES string of the molecule is CCc1nnc(N2CCN(c3nc(C)nc4c3cnn4C)CC2)nc1CC. The van der Waals surface area contributed by atoms with Crippen molar-refractivity contribution in [2.24, 2.45) is 7.05 Å². The summed E-state index contributed by atoms with van der Waals surface area (Å²) < 4.78 is 1.80. The van der Waals surface area contributed by atoms with Gasteiger partial charge in [0.2, 0.25) is 5.95 Å². The van der Waals surface area contributed by atoms with Crippen molar-refractivity contribution in [2.45, 2.75) is 33.6 Å². The van der Waals surface area contributed by atoms with Crippen molar-refractivity contribution < 1.29 is 0 Å². The molecule has 0 amide bonds. The van der Waals surface area contributed by atoms with Crippen LogP contribution in [0.3, 0.4) is 0 Å². The van der Waals surface area contributed by atoms with Crippen LogP contribution in [0.2, 0.25) is 0 Å². The van der Waals surface area contributed by atoms with Gasteiger partial charge in [0.1, 0.15) is 11.6 Å². The molecule has 4 rings (SSSR count). The van der Waals surface area contributed by atoms with E-state index in [1.807, 2.05) is 20.2 Å². The highest BCUT2D eigenvalue weighted by atomic mass is 15.4. The molecule has 9 nitrogen and oxygen atoms in total. The first kappa shape index (κ1) is 17.6. The third-order valence-corrected chi connectivity index (χ3v) is 5.04. The molecule has 0 saturated carbocycles. The van der Waals surface area contributed by atoms with Gasteiger partial charge in [0.15, 0.2) is 5.65 Å². The lowest BCUT2D eigenvalue weighted by Gasteiger charge is -2.35. The van der Waals surface area contributed by atoms with Gasteiger partial charge in [0, 0.05) is 33.2 Å². The highest BCUT2D eigenvalue weighted by molar-refractivity contribution is 5.87. The third-order valence-electron chi connectivity index (χ3n) is 5.04. The first-order valence-corrected chi connectivity index (χ1v) is 9.49. The summed E-state index contributed by atoms with van der Waals surface area (Å²) in [5.74, 6) is 2.45. The molecule has 1 aliphatic rings. The molecule has 1 fully saturated rings. The maximum absolute atomic E-state index is 4.75. The molecule has 3 aromatic rings. The van der Waals surface area contributed by atoms with Gasteiger partial charge in [0.25, 0.3) is 0 Å². The van der Waals surface area contributed by atoms with E-state index >= 15 is 0 Å². The van der Waals surface area contributed by atoms with Crippen molar-refractivity contribution in [1.29, 1.82) is 0 Å². The zero-order valence-electron chi connectivity index (χ0n) is 16.3. The van der Waals surface area contributed by atoms with Crippen LogP contribution in [0.5, 0.6) is 0 Å². The lowest BCUT2D eigenvalue weighted by atomic mass is 10.2. The van der Waals surface area contributed by atoms with Gasteiger partial charge in [-0.2, -0.15) is 10.2 Å². The first-order valence-electron chi connectivity index (χ1n) is 9.49. The number of rotatable bonds is 4. The number of aryl methyl sites for hydroxylation is 4. The summed E-state index contributed by atoms with van der Waals surface area (Å²) in [4.78, 5) is 18.4. The number of nitrogens with zero attached hydrogens (tertiary/aromatic N) is 9. The Labute approximate surface area is 158 Å². The Morgan fingerprint density at radius 3 is 2.30 bits per heavy atom. The summed E-state index contributed by atoms with van der Waals surface area (Å²) in [7, 11) is 1.91. The Morgan fingerprint density at radius 2 is 1.59 bits per heavy atom. The van der Waals surface area contributed by atoms with E-state index in [1.54, 1.807) is 4.68 Å². The number of anilines is 2. The third kappa shape index (κ3) is 3.17. The van der Waals surface area contributed by atoms with E-state index in [9.17, 15) is 0 Å². The van der Waals surface area contributed by atoms with Crippen LogP contribution in [-0.2, 0) is 19.9 Å². The Hall–Kier alpha value is -2.84. The van der Waals surface area contributed by atoms with E-state index in [4.69, 9.17) is 4.98 Å². The molecule has 27 heavy (non-hydrogen) atoms. The molecule has 0 spiro atoms. The van der Waals surface area contributed by atoms with Gasteiger partial charge in [-0.1, -0.05) is 13.8 Å². The van der Waals surface area contributed by atoms with Crippen LogP contribution in [0.25, 0.3) is 11.0 Å². The van der Waals surface area contributed by atoms with Crippen LogP contribution >= 0.6 is 0 Å². The van der Waals surface area contributed by atoms with Gasteiger partial charge in [-0.15, -0.1) is 5.10 Å². The van der Waals surface area contributed by atoms with E-state index in [1.165, 1.54) is 0 Å². The van der Waals surface area contributed by atoms with Crippen LogP contribution in [0, 0.1) is 6.92 Å². The van der Waals surface area contributed by atoms with Crippen molar-refractivity contribution in [3.05, 3.63) is 23.4 Å². The van der Waals surface area contributed by atoms with E-state index in [0.717, 1.165) is 79.0 Å². The van der Waals surface area contributed by atoms with E-state index in [0.29, 0.717) is 0 Å². The monoisotopic (exact) mass is 367 g/mol. The Balaban J connectivity index is 1.55. The summed E-state index contributed by atoms with van der Waals surface area (Å²) in [6.45, 7) is 9.49. The van der Waals surface area contributed by atoms with Crippen LogP contribution < -0.4 is 9.80 Å². The maximum atomic E-state index is 4.75. The topological polar surface area (TPSA) is 88.8 Å². The summed E-state index contributed by atoms with van der Waals surface area (Å²) in [5, 5.41) is 14.1. The Bertz CT molecular complexity index is 957. The van der Waals surface area contributed by atoms with Crippen molar-refractivity contribution in [1.82, 2.24) is 34.9 Å². The van der Waals surface area contributed by atoms with E-state index in [-0.39, 0.29) is 0 Å². The minimum atomic E-state index is 0.731. The average molecular weight is 367 g/mol. The summed E-state index contributed by atoms with van der Waals surface area (Å²) in [6.07, 6.45) is 3.59. The van der Waals surface area contributed by atoms with Gasteiger partial charge in [-0.25, -0.2) is 15.0 Å². The van der Waals surface area contributed by atoms with Crippen molar-refractivity contribution in [3.8, 4) is 0 Å². The molecule has 142 valence electrons. The van der Waals surface area contributed by atoms with Crippen LogP contribution in [-0.4, -0.2) is 61.1 Å². The van der Waals surface area contributed by atoms with Gasteiger partial charge in [-0.05, 0) is 19.8 Å². The van der Waals surface area contributed by atoms with Gasteiger partial charge in [-0.3, -0.25) is 4.68 Å². The second kappa shape index (κ2) is 7.05. The average Bonchev–Trinajstić information content (AvgIpc) is 3.07. The van der Waals surface area contributed by atoms with Gasteiger partial charge >= 0.3 is 0 Å². The number of aromatic nitrogens is 7. The molecule has 3 aromatic heterocycles. The zero-order chi connectivity index (χ0) is 19.0. The fourth-order valence-corrected chi connectivity index (χ4v) is 3.53. The summed E-state index contributed by atoms with van der Waals surface area (Å²) in [5.41, 5.74) is 2.92. The molecular formula is C18H25N9. The maximum Gasteiger partial charge on any atom is 0.245 e. The van der Waals surface area contributed by atoms with Gasteiger partial charge in [0.05, 0.1) is 23.0 Å². The molecule has 0 aromatic carbocycles.